The molecule has 0 aliphatic heterocycles. The molecule has 1 aromatic heterocycles. The average Bonchev–Trinajstić information content (AvgIpc) is 3.10. The third kappa shape index (κ3) is 4.17. The van der Waals surface area contributed by atoms with Crippen LogP contribution in [0.2, 0.25) is 0 Å². The first kappa shape index (κ1) is 18.2. The molecule has 8 heteroatoms. The number of hydrogen-bond donors (Lipinski definition) is 3. The van der Waals surface area contributed by atoms with Gasteiger partial charge in [0.2, 0.25) is 0 Å². The highest BCUT2D eigenvalue weighted by molar-refractivity contribution is 5.99. The van der Waals surface area contributed by atoms with E-state index in [1.165, 1.54) is 25.1 Å². The Morgan fingerprint density at radius 1 is 1.11 bits per heavy atom. The molecule has 2 aromatic carbocycles. The van der Waals surface area contributed by atoms with Crippen LogP contribution >= 0.6 is 0 Å². The molecule has 140 valence electrons. The Balaban J connectivity index is 1.59. The van der Waals surface area contributed by atoms with Crippen molar-refractivity contribution in [2.45, 2.75) is 13.0 Å². The Morgan fingerprint density at radius 2 is 1.89 bits per heavy atom. The Bertz CT molecular complexity index is 986. The summed E-state index contributed by atoms with van der Waals surface area (Å²) in [6, 6.07) is 12.7. The predicted octanol–water partition coefficient (Wildman–Crippen LogP) is 2.54. The van der Waals surface area contributed by atoms with Crippen LogP contribution in [0.5, 0.6) is 11.5 Å². The number of carbonyl (C=O) groups is 2. The van der Waals surface area contributed by atoms with E-state index in [9.17, 15) is 14.0 Å². The smallest absolute Gasteiger partial charge is 0.286 e. The van der Waals surface area contributed by atoms with Crippen molar-refractivity contribution in [2.75, 3.05) is 7.11 Å². The quantitative estimate of drug-likeness (QED) is 0.601. The highest BCUT2D eigenvalue weighted by atomic mass is 19.1. The standard InChI is InChI=1S/C19H18FN3O4/c1-11(27-17-6-4-3-5-14(17)20)18(24)22-23-19(25)16-9-12-7-8-13(26-2)10-15(12)21-16/h3-11,21H,1-2H3,(H,22,24)(H,23,25). The lowest BCUT2D eigenvalue weighted by Gasteiger charge is -2.15. The van der Waals surface area contributed by atoms with Crippen LogP contribution in [-0.2, 0) is 4.79 Å². The molecule has 2 amide bonds. The topological polar surface area (TPSA) is 92.5 Å². The largest absolute Gasteiger partial charge is 0.497 e. The van der Waals surface area contributed by atoms with Gasteiger partial charge in [-0.25, -0.2) is 4.39 Å². The summed E-state index contributed by atoms with van der Waals surface area (Å²) in [5, 5.41) is 0.823. The Labute approximate surface area is 154 Å². The highest BCUT2D eigenvalue weighted by Crippen LogP contribution is 2.21. The first-order valence-electron chi connectivity index (χ1n) is 8.16. The van der Waals surface area contributed by atoms with Gasteiger partial charge in [-0.3, -0.25) is 20.4 Å². The third-order valence-corrected chi connectivity index (χ3v) is 3.88. The van der Waals surface area contributed by atoms with Crippen molar-refractivity contribution < 1.29 is 23.5 Å². The fourth-order valence-corrected chi connectivity index (χ4v) is 2.43. The number of nitrogens with one attached hydrogen (secondary N) is 3. The molecule has 3 aromatic rings. The maximum atomic E-state index is 13.6. The lowest BCUT2D eigenvalue weighted by molar-refractivity contribution is -0.128. The number of aromatic nitrogens is 1. The maximum absolute atomic E-state index is 13.6. The number of aromatic amines is 1. The molecule has 0 aliphatic rings. The molecule has 3 rings (SSSR count). The van der Waals surface area contributed by atoms with Gasteiger partial charge in [0.1, 0.15) is 11.4 Å². The summed E-state index contributed by atoms with van der Waals surface area (Å²) in [6.45, 7) is 1.45. The molecule has 0 bridgehead atoms. The van der Waals surface area contributed by atoms with E-state index in [0.29, 0.717) is 5.75 Å². The number of amides is 2. The van der Waals surface area contributed by atoms with Crippen LogP contribution in [0.1, 0.15) is 17.4 Å². The van der Waals surface area contributed by atoms with Crippen molar-refractivity contribution >= 4 is 22.7 Å². The molecule has 0 radical (unpaired) electrons. The van der Waals surface area contributed by atoms with Crippen LogP contribution in [-0.4, -0.2) is 30.0 Å². The van der Waals surface area contributed by atoms with E-state index >= 15 is 0 Å². The van der Waals surface area contributed by atoms with E-state index in [0.717, 1.165) is 10.9 Å². The first-order valence-corrected chi connectivity index (χ1v) is 8.16. The van der Waals surface area contributed by atoms with Crippen molar-refractivity contribution in [3.63, 3.8) is 0 Å². The van der Waals surface area contributed by atoms with Gasteiger partial charge in [-0.05, 0) is 37.3 Å². The van der Waals surface area contributed by atoms with Crippen molar-refractivity contribution in [3.05, 3.63) is 60.0 Å². The van der Waals surface area contributed by atoms with Gasteiger partial charge in [0.25, 0.3) is 11.8 Å². The van der Waals surface area contributed by atoms with E-state index in [1.807, 2.05) is 6.07 Å². The number of hydrogen-bond acceptors (Lipinski definition) is 4. The van der Waals surface area contributed by atoms with Gasteiger partial charge in [0, 0.05) is 17.0 Å². The summed E-state index contributed by atoms with van der Waals surface area (Å²) in [6.07, 6.45) is -1.01. The number of carbonyl (C=O) groups excluding carboxylic acids is 2. The van der Waals surface area contributed by atoms with Crippen molar-refractivity contribution in [1.29, 1.82) is 0 Å². The van der Waals surface area contributed by atoms with Gasteiger partial charge >= 0.3 is 0 Å². The normalized spacial score (nSPS) is 11.7. The zero-order chi connectivity index (χ0) is 19.4. The van der Waals surface area contributed by atoms with Crippen molar-refractivity contribution in [2.24, 2.45) is 0 Å². The Kier molecular flexibility index (Phi) is 5.25. The molecule has 0 saturated heterocycles. The van der Waals surface area contributed by atoms with E-state index in [4.69, 9.17) is 9.47 Å². The van der Waals surface area contributed by atoms with Crippen LogP contribution < -0.4 is 20.3 Å². The van der Waals surface area contributed by atoms with E-state index in [2.05, 4.69) is 15.8 Å². The minimum atomic E-state index is -1.01. The summed E-state index contributed by atoms with van der Waals surface area (Å²) in [5.74, 6) is -1.12. The SMILES string of the molecule is COc1ccc2cc(C(=O)NNC(=O)C(C)Oc3ccccc3F)[nH]c2c1. The zero-order valence-electron chi connectivity index (χ0n) is 14.7. The number of H-pyrrole nitrogens is 1. The van der Waals surface area contributed by atoms with Crippen LogP contribution in [0.4, 0.5) is 4.39 Å². The molecule has 0 fully saturated rings. The van der Waals surface area contributed by atoms with Crippen LogP contribution in [0.25, 0.3) is 10.9 Å². The summed E-state index contributed by atoms with van der Waals surface area (Å²) in [4.78, 5) is 27.2. The minimum absolute atomic E-state index is 0.0453. The fourth-order valence-electron chi connectivity index (χ4n) is 2.43. The molecule has 1 heterocycles. The van der Waals surface area contributed by atoms with Crippen LogP contribution in [0.3, 0.4) is 0 Å². The number of para-hydroxylation sites is 1. The Hall–Kier alpha value is -3.55. The number of rotatable bonds is 5. The maximum Gasteiger partial charge on any atom is 0.286 e. The van der Waals surface area contributed by atoms with Crippen molar-refractivity contribution in [3.8, 4) is 11.5 Å². The fraction of sp³-hybridized carbons (Fsp3) is 0.158. The second-order valence-corrected chi connectivity index (χ2v) is 5.77. The number of methoxy groups -OCH3 is 1. The molecule has 3 N–H and O–H groups in total. The molecule has 0 saturated carbocycles. The molecule has 1 unspecified atom stereocenters. The molecular formula is C19H18FN3O4. The molecular weight excluding hydrogens is 353 g/mol. The number of ether oxygens (including phenoxy) is 2. The number of halogens is 1. The summed E-state index contributed by atoms with van der Waals surface area (Å²) in [5.41, 5.74) is 5.54. The highest BCUT2D eigenvalue weighted by Gasteiger charge is 2.18. The van der Waals surface area contributed by atoms with Gasteiger partial charge in [-0.15, -0.1) is 0 Å². The predicted molar refractivity (Wildman–Crippen MR) is 96.9 cm³/mol. The third-order valence-electron chi connectivity index (χ3n) is 3.88. The van der Waals surface area contributed by atoms with Gasteiger partial charge < -0.3 is 14.5 Å². The van der Waals surface area contributed by atoms with Crippen molar-refractivity contribution in [1.82, 2.24) is 15.8 Å². The number of fused-ring (bicyclic) bond motifs is 1. The number of hydrazine groups is 1. The van der Waals surface area contributed by atoms with Gasteiger partial charge in [-0.1, -0.05) is 12.1 Å². The number of benzene rings is 2. The van der Waals surface area contributed by atoms with Crippen LogP contribution in [0.15, 0.2) is 48.5 Å². The molecule has 0 spiro atoms. The van der Waals surface area contributed by atoms with E-state index in [-0.39, 0.29) is 11.4 Å². The van der Waals surface area contributed by atoms with E-state index in [1.54, 1.807) is 31.4 Å². The lowest BCUT2D eigenvalue weighted by atomic mass is 10.2. The van der Waals surface area contributed by atoms with E-state index < -0.39 is 23.7 Å². The summed E-state index contributed by atoms with van der Waals surface area (Å²) in [7, 11) is 1.55. The average molecular weight is 371 g/mol. The monoisotopic (exact) mass is 371 g/mol. The molecule has 0 aliphatic carbocycles. The second-order valence-electron chi connectivity index (χ2n) is 5.77. The van der Waals surface area contributed by atoms with Gasteiger partial charge in [0.05, 0.1) is 7.11 Å². The first-order chi connectivity index (χ1) is 13.0. The Morgan fingerprint density at radius 3 is 2.63 bits per heavy atom. The lowest BCUT2D eigenvalue weighted by Crippen LogP contribution is -2.47. The zero-order valence-corrected chi connectivity index (χ0v) is 14.7. The van der Waals surface area contributed by atoms with Gasteiger partial charge in [-0.2, -0.15) is 0 Å². The molecule has 1 atom stereocenters. The minimum Gasteiger partial charge on any atom is -0.497 e. The summed E-state index contributed by atoms with van der Waals surface area (Å²) >= 11 is 0. The molecule has 27 heavy (non-hydrogen) atoms. The van der Waals surface area contributed by atoms with Crippen LogP contribution in [0, 0.1) is 5.82 Å². The van der Waals surface area contributed by atoms with Gasteiger partial charge in [0.15, 0.2) is 17.7 Å². The molecule has 7 nitrogen and oxygen atoms in total. The second kappa shape index (κ2) is 7.77. The summed E-state index contributed by atoms with van der Waals surface area (Å²) < 4.78 is 24.0.